The Labute approximate surface area is 95.3 Å². The van der Waals surface area contributed by atoms with Crippen LogP contribution in [-0.4, -0.2) is 19.6 Å². The second-order valence-corrected chi connectivity index (χ2v) is 5.82. The fourth-order valence-electron chi connectivity index (χ4n) is 1.86. The lowest BCUT2D eigenvalue weighted by Crippen LogP contribution is -2.21. The SMILES string of the molecule is O=S(=O)(C1=CCCCC1O)c1ccccc1. The molecule has 16 heavy (non-hydrogen) atoms. The predicted octanol–water partition coefficient (Wildman–Crippen LogP) is 1.89. The Balaban J connectivity index is 2.44. The number of benzene rings is 1. The largest absolute Gasteiger partial charge is 0.388 e. The van der Waals surface area contributed by atoms with E-state index in [0.717, 1.165) is 12.8 Å². The zero-order valence-electron chi connectivity index (χ0n) is 8.83. The zero-order chi connectivity index (χ0) is 11.6. The average Bonchev–Trinajstić information content (AvgIpc) is 2.30. The molecule has 0 bridgehead atoms. The van der Waals surface area contributed by atoms with Gasteiger partial charge in [0.15, 0.2) is 0 Å². The third kappa shape index (κ3) is 2.03. The van der Waals surface area contributed by atoms with E-state index >= 15 is 0 Å². The molecule has 0 spiro atoms. The highest BCUT2D eigenvalue weighted by atomic mass is 32.2. The molecule has 0 fully saturated rings. The predicted molar refractivity (Wildman–Crippen MR) is 61.6 cm³/mol. The van der Waals surface area contributed by atoms with Gasteiger partial charge in [-0.05, 0) is 31.4 Å². The topological polar surface area (TPSA) is 54.4 Å². The van der Waals surface area contributed by atoms with E-state index < -0.39 is 15.9 Å². The fraction of sp³-hybridized carbons (Fsp3) is 0.333. The molecule has 0 saturated heterocycles. The smallest absolute Gasteiger partial charge is 0.205 e. The minimum absolute atomic E-state index is 0.157. The summed E-state index contributed by atoms with van der Waals surface area (Å²) < 4.78 is 24.3. The molecule has 0 aromatic heterocycles. The summed E-state index contributed by atoms with van der Waals surface area (Å²) >= 11 is 0. The quantitative estimate of drug-likeness (QED) is 0.856. The van der Waals surface area contributed by atoms with Gasteiger partial charge in [-0.2, -0.15) is 0 Å². The van der Waals surface area contributed by atoms with Crippen LogP contribution in [-0.2, 0) is 9.84 Å². The summed E-state index contributed by atoms with van der Waals surface area (Å²) in [5, 5.41) is 9.72. The van der Waals surface area contributed by atoms with Crippen LogP contribution >= 0.6 is 0 Å². The molecular weight excluding hydrogens is 224 g/mol. The molecular formula is C12H14O3S. The maximum absolute atomic E-state index is 12.2. The minimum atomic E-state index is -3.50. The van der Waals surface area contributed by atoms with Crippen LogP contribution in [0.2, 0.25) is 0 Å². The van der Waals surface area contributed by atoms with Crippen molar-refractivity contribution >= 4 is 9.84 Å². The summed E-state index contributed by atoms with van der Waals surface area (Å²) in [5.41, 5.74) is 0. The van der Waals surface area contributed by atoms with Crippen LogP contribution < -0.4 is 0 Å². The monoisotopic (exact) mass is 238 g/mol. The van der Waals surface area contributed by atoms with Gasteiger partial charge < -0.3 is 5.11 Å². The van der Waals surface area contributed by atoms with Crippen molar-refractivity contribution < 1.29 is 13.5 Å². The van der Waals surface area contributed by atoms with Crippen LogP contribution in [0, 0.1) is 0 Å². The minimum Gasteiger partial charge on any atom is -0.388 e. The maximum Gasteiger partial charge on any atom is 0.205 e. The van der Waals surface area contributed by atoms with Gasteiger partial charge in [-0.3, -0.25) is 0 Å². The van der Waals surface area contributed by atoms with Gasteiger partial charge in [0.2, 0.25) is 9.84 Å². The molecule has 1 aromatic carbocycles. The molecule has 1 aliphatic rings. The lowest BCUT2D eigenvalue weighted by Gasteiger charge is -2.19. The normalized spacial score (nSPS) is 21.6. The van der Waals surface area contributed by atoms with Crippen molar-refractivity contribution in [3.63, 3.8) is 0 Å². The van der Waals surface area contributed by atoms with Gasteiger partial charge in [0.25, 0.3) is 0 Å². The highest BCUT2D eigenvalue weighted by molar-refractivity contribution is 7.95. The number of rotatable bonds is 2. The Hall–Kier alpha value is -1.13. The lowest BCUT2D eigenvalue weighted by molar-refractivity contribution is 0.199. The van der Waals surface area contributed by atoms with Crippen molar-refractivity contribution in [2.24, 2.45) is 0 Å². The summed E-state index contributed by atoms with van der Waals surface area (Å²) in [5.74, 6) is 0. The van der Waals surface area contributed by atoms with Crippen LogP contribution in [0.4, 0.5) is 0 Å². The van der Waals surface area contributed by atoms with Crippen molar-refractivity contribution in [3.05, 3.63) is 41.3 Å². The van der Waals surface area contributed by atoms with E-state index in [1.165, 1.54) is 0 Å². The summed E-state index contributed by atoms with van der Waals surface area (Å²) in [4.78, 5) is 0.409. The fourth-order valence-corrected chi connectivity index (χ4v) is 3.46. The molecule has 1 unspecified atom stereocenters. The average molecular weight is 238 g/mol. The van der Waals surface area contributed by atoms with E-state index in [1.807, 2.05) is 0 Å². The Morgan fingerprint density at radius 2 is 1.88 bits per heavy atom. The van der Waals surface area contributed by atoms with E-state index in [4.69, 9.17) is 0 Å². The number of aliphatic hydroxyl groups excluding tert-OH is 1. The maximum atomic E-state index is 12.2. The van der Waals surface area contributed by atoms with Crippen molar-refractivity contribution in [2.45, 2.75) is 30.3 Å². The number of hydrogen-bond donors (Lipinski definition) is 1. The van der Waals surface area contributed by atoms with Gasteiger partial charge >= 0.3 is 0 Å². The van der Waals surface area contributed by atoms with Crippen LogP contribution in [0.5, 0.6) is 0 Å². The molecule has 3 nitrogen and oxygen atoms in total. The van der Waals surface area contributed by atoms with Crippen molar-refractivity contribution in [3.8, 4) is 0 Å². The molecule has 2 rings (SSSR count). The van der Waals surface area contributed by atoms with E-state index in [-0.39, 0.29) is 9.80 Å². The first-order chi connectivity index (χ1) is 7.62. The summed E-state index contributed by atoms with van der Waals surface area (Å²) in [6.45, 7) is 0. The molecule has 0 saturated carbocycles. The van der Waals surface area contributed by atoms with Crippen molar-refractivity contribution in [1.82, 2.24) is 0 Å². The lowest BCUT2D eigenvalue weighted by atomic mass is 10.1. The van der Waals surface area contributed by atoms with E-state index in [0.29, 0.717) is 6.42 Å². The third-order valence-corrected chi connectivity index (χ3v) is 4.67. The molecule has 4 heteroatoms. The first-order valence-corrected chi connectivity index (χ1v) is 6.79. The van der Waals surface area contributed by atoms with E-state index in [9.17, 15) is 13.5 Å². The van der Waals surface area contributed by atoms with Gasteiger partial charge in [0, 0.05) is 0 Å². The Morgan fingerprint density at radius 3 is 2.50 bits per heavy atom. The molecule has 0 heterocycles. The van der Waals surface area contributed by atoms with Gasteiger partial charge in [-0.15, -0.1) is 0 Å². The molecule has 0 radical (unpaired) electrons. The molecule has 1 N–H and O–H groups in total. The third-order valence-electron chi connectivity index (χ3n) is 2.72. The van der Waals surface area contributed by atoms with Gasteiger partial charge in [0.05, 0.1) is 15.9 Å². The standard InChI is InChI=1S/C12H14O3S/c13-11-8-4-5-9-12(11)16(14,15)10-6-2-1-3-7-10/h1-3,6-7,9,11,13H,4-5,8H2. The summed E-state index contributed by atoms with van der Waals surface area (Å²) in [7, 11) is -3.50. The Kier molecular flexibility index (Phi) is 3.12. The van der Waals surface area contributed by atoms with Crippen LogP contribution in [0.1, 0.15) is 19.3 Å². The Morgan fingerprint density at radius 1 is 1.19 bits per heavy atom. The number of allylic oxidation sites excluding steroid dienone is 1. The number of aliphatic hydroxyl groups is 1. The van der Waals surface area contributed by atoms with Crippen molar-refractivity contribution in [1.29, 1.82) is 0 Å². The summed E-state index contributed by atoms with van der Waals surface area (Å²) in [6, 6.07) is 8.24. The molecule has 1 atom stereocenters. The molecule has 86 valence electrons. The second kappa shape index (κ2) is 4.39. The molecule has 0 aliphatic heterocycles. The molecule has 1 aliphatic carbocycles. The summed E-state index contributed by atoms with van der Waals surface area (Å²) in [6.07, 6.45) is 2.88. The van der Waals surface area contributed by atoms with Crippen LogP contribution in [0.25, 0.3) is 0 Å². The zero-order valence-corrected chi connectivity index (χ0v) is 9.65. The van der Waals surface area contributed by atoms with Crippen LogP contribution in [0.15, 0.2) is 46.2 Å². The Bertz CT molecular complexity index is 488. The second-order valence-electron chi connectivity index (χ2n) is 3.87. The number of sulfone groups is 1. The van der Waals surface area contributed by atoms with E-state index in [2.05, 4.69) is 0 Å². The highest BCUT2D eigenvalue weighted by Crippen LogP contribution is 2.27. The first-order valence-electron chi connectivity index (χ1n) is 5.30. The first kappa shape index (κ1) is 11.4. The molecule has 0 amide bonds. The van der Waals surface area contributed by atoms with Gasteiger partial charge in [-0.1, -0.05) is 24.3 Å². The van der Waals surface area contributed by atoms with Crippen molar-refractivity contribution in [2.75, 3.05) is 0 Å². The van der Waals surface area contributed by atoms with Crippen LogP contribution in [0.3, 0.4) is 0 Å². The van der Waals surface area contributed by atoms with E-state index in [1.54, 1.807) is 36.4 Å². The van der Waals surface area contributed by atoms with Gasteiger partial charge in [0.1, 0.15) is 0 Å². The number of hydrogen-bond acceptors (Lipinski definition) is 3. The molecule has 1 aromatic rings. The van der Waals surface area contributed by atoms with Gasteiger partial charge in [-0.25, -0.2) is 8.42 Å². The highest BCUT2D eigenvalue weighted by Gasteiger charge is 2.28.